The van der Waals surface area contributed by atoms with Crippen LogP contribution < -0.4 is 16.0 Å². The Kier molecular flexibility index (Phi) is 7.33. The minimum absolute atomic E-state index is 0.308. The predicted molar refractivity (Wildman–Crippen MR) is 121 cm³/mol. The fourth-order valence-electron chi connectivity index (χ4n) is 2.93. The lowest BCUT2D eigenvalue weighted by Crippen LogP contribution is -2.47. The van der Waals surface area contributed by atoms with Gasteiger partial charge in [-0.15, -0.1) is 0 Å². The molecule has 3 rings (SSSR count). The number of carbonyl (C=O) groups excluding carboxylic acids is 2. The Bertz CT molecular complexity index is 974. The summed E-state index contributed by atoms with van der Waals surface area (Å²) in [6.45, 7) is 1.62. The maximum atomic E-state index is 12.8. The smallest absolute Gasteiger partial charge is 0.319 e. The molecule has 0 saturated carbocycles. The van der Waals surface area contributed by atoms with Crippen molar-refractivity contribution < 1.29 is 9.59 Å². The molecule has 7 heteroatoms. The zero-order valence-corrected chi connectivity index (χ0v) is 17.7. The van der Waals surface area contributed by atoms with E-state index in [9.17, 15) is 9.59 Å². The Labute approximate surface area is 185 Å². The summed E-state index contributed by atoms with van der Waals surface area (Å²) in [6, 6.07) is 22.4. The summed E-state index contributed by atoms with van der Waals surface area (Å²) in [6.07, 6.45) is 0. The van der Waals surface area contributed by atoms with Gasteiger partial charge in [0.25, 0.3) is 0 Å². The number of hydrogen-bond acceptors (Lipinski definition) is 2. The summed E-state index contributed by atoms with van der Waals surface area (Å²) in [4.78, 5) is 25.1. The monoisotopic (exact) mass is 441 g/mol. The number of anilines is 1. The van der Waals surface area contributed by atoms with Crippen LogP contribution in [0.3, 0.4) is 0 Å². The number of benzene rings is 3. The van der Waals surface area contributed by atoms with Gasteiger partial charge in [-0.2, -0.15) is 0 Å². The van der Waals surface area contributed by atoms with Gasteiger partial charge in [0.05, 0.1) is 16.8 Å². The van der Waals surface area contributed by atoms with Crippen LogP contribution in [0.2, 0.25) is 10.0 Å². The molecule has 3 amide bonds. The number of urea groups is 1. The molecule has 0 aromatic heterocycles. The molecule has 5 nitrogen and oxygen atoms in total. The highest BCUT2D eigenvalue weighted by atomic mass is 35.5. The molecule has 0 radical (unpaired) electrons. The van der Waals surface area contributed by atoms with E-state index in [1.807, 2.05) is 60.7 Å². The lowest BCUT2D eigenvalue weighted by Gasteiger charge is -2.22. The Morgan fingerprint density at radius 3 is 1.90 bits per heavy atom. The molecule has 0 aliphatic carbocycles. The third-order valence-corrected chi connectivity index (χ3v) is 5.02. The van der Waals surface area contributed by atoms with Crippen molar-refractivity contribution in [1.29, 1.82) is 0 Å². The van der Waals surface area contributed by atoms with Crippen molar-refractivity contribution in [2.45, 2.75) is 19.0 Å². The van der Waals surface area contributed by atoms with Crippen LogP contribution >= 0.6 is 23.2 Å². The van der Waals surface area contributed by atoms with E-state index in [4.69, 9.17) is 23.2 Å². The topological polar surface area (TPSA) is 70.2 Å². The van der Waals surface area contributed by atoms with Crippen LogP contribution in [0.1, 0.15) is 24.1 Å². The van der Waals surface area contributed by atoms with Gasteiger partial charge in [0.2, 0.25) is 5.91 Å². The molecule has 3 N–H and O–H groups in total. The van der Waals surface area contributed by atoms with Crippen molar-refractivity contribution in [1.82, 2.24) is 10.6 Å². The predicted octanol–water partition coefficient (Wildman–Crippen LogP) is 5.41. The number of hydrogen-bond donors (Lipinski definition) is 3. The van der Waals surface area contributed by atoms with Gasteiger partial charge in [-0.05, 0) is 36.2 Å². The minimum atomic E-state index is -0.772. The Hall–Kier alpha value is -3.02. The Morgan fingerprint density at radius 1 is 0.800 bits per heavy atom. The van der Waals surface area contributed by atoms with Crippen LogP contribution in [-0.2, 0) is 4.79 Å². The zero-order chi connectivity index (χ0) is 21.5. The van der Waals surface area contributed by atoms with Crippen molar-refractivity contribution in [2.75, 3.05) is 5.32 Å². The highest BCUT2D eigenvalue weighted by Gasteiger charge is 2.22. The third-order valence-electron chi connectivity index (χ3n) is 4.47. The molecule has 0 spiro atoms. The maximum absolute atomic E-state index is 12.8. The summed E-state index contributed by atoms with van der Waals surface area (Å²) in [5.74, 6) is -0.315. The van der Waals surface area contributed by atoms with Crippen molar-refractivity contribution in [3.05, 3.63) is 100 Å². The standard InChI is InChI=1S/C23H21Cl2N3O2/c1-15(26-23(30)27-20-13-12-18(24)14-19(20)25)22(29)28-21(16-8-4-2-5-9-16)17-10-6-3-7-11-17/h2-15,21H,1H3,(H,28,29)(H2,26,27,30). The molecule has 0 saturated heterocycles. The minimum Gasteiger partial charge on any atom is -0.343 e. The van der Waals surface area contributed by atoms with Gasteiger partial charge in [-0.3, -0.25) is 4.79 Å². The van der Waals surface area contributed by atoms with E-state index in [1.165, 1.54) is 6.07 Å². The summed E-state index contributed by atoms with van der Waals surface area (Å²) in [5, 5.41) is 9.03. The summed E-state index contributed by atoms with van der Waals surface area (Å²) in [5.41, 5.74) is 2.29. The molecule has 0 heterocycles. The zero-order valence-electron chi connectivity index (χ0n) is 16.2. The van der Waals surface area contributed by atoms with E-state index in [0.717, 1.165) is 11.1 Å². The first-order valence-corrected chi connectivity index (χ1v) is 10.1. The molecule has 0 fully saturated rings. The normalized spacial score (nSPS) is 11.6. The van der Waals surface area contributed by atoms with E-state index in [-0.39, 0.29) is 11.9 Å². The molecule has 1 atom stereocenters. The van der Waals surface area contributed by atoms with Crippen molar-refractivity contribution in [3.8, 4) is 0 Å². The van der Waals surface area contributed by atoms with E-state index < -0.39 is 12.1 Å². The SMILES string of the molecule is CC(NC(=O)Nc1ccc(Cl)cc1Cl)C(=O)NC(c1ccccc1)c1ccccc1. The Balaban J connectivity index is 1.67. The summed E-state index contributed by atoms with van der Waals surface area (Å²) < 4.78 is 0. The molecule has 0 aliphatic heterocycles. The highest BCUT2D eigenvalue weighted by molar-refractivity contribution is 6.36. The van der Waals surface area contributed by atoms with Gasteiger partial charge in [0, 0.05) is 5.02 Å². The molecular weight excluding hydrogens is 421 g/mol. The van der Waals surface area contributed by atoms with Crippen LogP contribution in [-0.4, -0.2) is 18.0 Å². The fourth-order valence-corrected chi connectivity index (χ4v) is 3.38. The van der Waals surface area contributed by atoms with Crippen LogP contribution in [0.4, 0.5) is 10.5 Å². The van der Waals surface area contributed by atoms with Gasteiger partial charge in [-0.25, -0.2) is 4.79 Å². The summed E-state index contributed by atoms with van der Waals surface area (Å²) >= 11 is 11.9. The molecule has 3 aromatic rings. The first-order valence-electron chi connectivity index (χ1n) is 9.37. The van der Waals surface area contributed by atoms with Crippen LogP contribution in [0, 0.1) is 0 Å². The first-order chi connectivity index (χ1) is 14.4. The molecule has 0 aliphatic rings. The summed E-state index contributed by atoms with van der Waals surface area (Å²) in [7, 11) is 0. The van der Waals surface area contributed by atoms with Gasteiger partial charge in [0.1, 0.15) is 6.04 Å². The van der Waals surface area contributed by atoms with Crippen LogP contribution in [0.15, 0.2) is 78.9 Å². The first kappa shape index (κ1) is 21.7. The second kappa shape index (κ2) is 10.1. The van der Waals surface area contributed by atoms with Gasteiger partial charge in [0.15, 0.2) is 0 Å². The lowest BCUT2D eigenvalue weighted by molar-refractivity contribution is -0.123. The number of rotatable bonds is 6. The Morgan fingerprint density at radius 2 is 1.37 bits per heavy atom. The number of nitrogens with one attached hydrogen (secondary N) is 3. The van der Waals surface area contributed by atoms with Crippen LogP contribution in [0.5, 0.6) is 0 Å². The quantitative estimate of drug-likeness (QED) is 0.478. The average Bonchev–Trinajstić information content (AvgIpc) is 2.75. The van der Waals surface area contributed by atoms with Gasteiger partial charge >= 0.3 is 6.03 Å². The number of amides is 3. The van der Waals surface area contributed by atoms with E-state index in [0.29, 0.717) is 15.7 Å². The largest absolute Gasteiger partial charge is 0.343 e. The number of halogens is 2. The molecule has 1 unspecified atom stereocenters. The second-order valence-corrected chi connectivity index (χ2v) is 7.55. The van der Waals surface area contributed by atoms with Crippen LogP contribution in [0.25, 0.3) is 0 Å². The van der Waals surface area contributed by atoms with Crippen molar-refractivity contribution >= 4 is 40.8 Å². The molecule has 0 bridgehead atoms. The molecule has 3 aromatic carbocycles. The van der Waals surface area contributed by atoms with E-state index in [2.05, 4.69) is 16.0 Å². The lowest BCUT2D eigenvalue weighted by atomic mass is 9.98. The maximum Gasteiger partial charge on any atom is 0.319 e. The van der Waals surface area contributed by atoms with E-state index >= 15 is 0 Å². The molecular formula is C23H21Cl2N3O2. The van der Waals surface area contributed by atoms with Crippen molar-refractivity contribution in [3.63, 3.8) is 0 Å². The van der Waals surface area contributed by atoms with Gasteiger partial charge < -0.3 is 16.0 Å². The third kappa shape index (κ3) is 5.75. The second-order valence-electron chi connectivity index (χ2n) is 6.71. The average molecular weight is 442 g/mol. The van der Waals surface area contributed by atoms with Crippen molar-refractivity contribution in [2.24, 2.45) is 0 Å². The highest BCUT2D eigenvalue weighted by Crippen LogP contribution is 2.25. The van der Waals surface area contributed by atoms with E-state index in [1.54, 1.807) is 19.1 Å². The fraction of sp³-hybridized carbons (Fsp3) is 0.130. The number of carbonyl (C=O) groups is 2. The van der Waals surface area contributed by atoms with Gasteiger partial charge in [-0.1, -0.05) is 83.9 Å². The molecule has 154 valence electrons. The molecule has 30 heavy (non-hydrogen) atoms.